The molecule has 11 heteroatoms. The number of thiazole rings is 2. The first kappa shape index (κ1) is 38.2. The van der Waals surface area contributed by atoms with Crippen LogP contribution in [0.2, 0.25) is 0 Å². The topological polar surface area (TPSA) is 105 Å². The third-order valence-electron chi connectivity index (χ3n) is 10.2. The van der Waals surface area contributed by atoms with E-state index >= 15 is 0 Å². The third-order valence-corrected chi connectivity index (χ3v) is 12.6. The summed E-state index contributed by atoms with van der Waals surface area (Å²) in [5, 5.41) is 5.05. The van der Waals surface area contributed by atoms with Gasteiger partial charge in [-0.15, -0.1) is 22.7 Å². The summed E-state index contributed by atoms with van der Waals surface area (Å²) < 4.78 is 7.82. The Labute approximate surface area is 330 Å². The van der Waals surface area contributed by atoms with Gasteiger partial charge in [0.1, 0.15) is 5.75 Å². The van der Waals surface area contributed by atoms with Crippen LogP contribution in [0.25, 0.3) is 20.4 Å². The van der Waals surface area contributed by atoms with Crippen molar-refractivity contribution in [2.45, 2.75) is 58.3 Å². The Kier molecular flexibility index (Phi) is 12.2. The molecular formula is C44H47N5O4S2. The third kappa shape index (κ3) is 9.40. The molecule has 2 aromatic heterocycles. The number of fused-ring (bicyclic) bond motifs is 2. The molecule has 0 aliphatic carbocycles. The summed E-state index contributed by atoms with van der Waals surface area (Å²) in [7, 11) is 0. The maximum Gasteiger partial charge on any atom is 0.253 e. The molecule has 0 bridgehead atoms. The molecule has 1 atom stereocenters. The van der Waals surface area contributed by atoms with Crippen LogP contribution in [0.15, 0.2) is 91.0 Å². The number of hydrogen-bond donors (Lipinski definition) is 1. The number of nitrogens with zero attached hydrogens (tertiary/aromatic N) is 4. The minimum atomic E-state index is -0.254. The fraction of sp³-hybridized carbons (Fsp3) is 0.341. The van der Waals surface area contributed by atoms with E-state index in [9.17, 15) is 14.4 Å². The minimum Gasteiger partial charge on any atom is -0.494 e. The second kappa shape index (κ2) is 17.6. The van der Waals surface area contributed by atoms with Crippen molar-refractivity contribution in [1.82, 2.24) is 25.1 Å². The van der Waals surface area contributed by atoms with Crippen molar-refractivity contribution in [1.29, 1.82) is 0 Å². The normalized spacial score (nSPS) is 16.1. The second-order valence-electron chi connectivity index (χ2n) is 14.3. The molecule has 55 heavy (non-hydrogen) atoms. The van der Waals surface area contributed by atoms with E-state index in [1.54, 1.807) is 46.9 Å². The van der Waals surface area contributed by atoms with Gasteiger partial charge in [-0.2, -0.15) is 0 Å². The fourth-order valence-electron chi connectivity index (χ4n) is 7.39. The van der Waals surface area contributed by atoms with Gasteiger partial charge in [-0.3, -0.25) is 14.4 Å². The van der Waals surface area contributed by atoms with Gasteiger partial charge in [0, 0.05) is 49.1 Å². The highest BCUT2D eigenvalue weighted by atomic mass is 32.1. The average molecular weight is 774 g/mol. The number of nitrogens with one attached hydrogen (secondary N) is 1. The van der Waals surface area contributed by atoms with Crippen LogP contribution in [-0.2, 0) is 4.79 Å². The van der Waals surface area contributed by atoms with Crippen LogP contribution in [0.5, 0.6) is 5.75 Å². The quantitative estimate of drug-likeness (QED) is 0.166. The smallest absolute Gasteiger partial charge is 0.253 e. The van der Waals surface area contributed by atoms with Crippen LogP contribution in [-0.4, -0.2) is 76.8 Å². The van der Waals surface area contributed by atoms with Gasteiger partial charge in [-0.25, -0.2) is 9.97 Å². The lowest BCUT2D eigenvalue weighted by molar-refractivity contribution is -0.131. The van der Waals surface area contributed by atoms with Crippen LogP contribution < -0.4 is 10.1 Å². The molecular weight excluding hydrogens is 727 g/mol. The average Bonchev–Trinajstić information content (AvgIpc) is 3.85. The minimum absolute atomic E-state index is 0.0118. The monoisotopic (exact) mass is 773 g/mol. The number of piperidine rings is 2. The predicted octanol–water partition coefficient (Wildman–Crippen LogP) is 8.76. The van der Waals surface area contributed by atoms with Gasteiger partial charge in [0.05, 0.1) is 43.6 Å². The molecule has 2 saturated heterocycles. The molecule has 1 unspecified atom stereocenters. The van der Waals surface area contributed by atoms with Gasteiger partial charge in [0.15, 0.2) is 0 Å². The Bertz CT molecular complexity index is 2190. The number of aromatic nitrogens is 2. The summed E-state index contributed by atoms with van der Waals surface area (Å²) in [4.78, 5) is 51.2. The van der Waals surface area contributed by atoms with Crippen molar-refractivity contribution in [3.8, 4) is 5.75 Å². The molecule has 9 nitrogen and oxygen atoms in total. The highest BCUT2D eigenvalue weighted by Gasteiger charge is 2.28. The Hall–Kier alpha value is -5.13. The van der Waals surface area contributed by atoms with Crippen molar-refractivity contribution >= 4 is 60.8 Å². The maximum absolute atomic E-state index is 13.0. The van der Waals surface area contributed by atoms with Crippen LogP contribution in [0.3, 0.4) is 0 Å². The maximum atomic E-state index is 13.0. The number of amides is 3. The fourth-order valence-corrected chi connectivity index (χ4v) is 9.62. The standard InChI is InChI=1S/C23H25N3O3S.C21H22N2OS/c1-2-29-18-9-7-16(8-10-18)22(28)24-15-21(27)26-13-11-17(12-14-26)23-25-19-5-3-4-6-20(19)30-23;1-14-10-15(2)12-17(11-14)21(24)23-9-5-6-16(13-23)20-22-18-7-3-4-8-19(18)25-20/h3-10,17H,2,11-15H2,1H3,(H,24,28);3-4,7-8,10-12,16H,5-6,9,13H2,1-2H3. The Morgan fingerprint density at radius 3 is 1.93 bits per heavy atom. The van der Waals surface area contributed by atoms with Crippen molar-refractivity contribution in [3.05, 3.63) is 123 Å². The first-order valence-electron chi connectivity index (χ1n) is 19.1. The number of hydrogen-bond acceptors (Lipinski definition) is 8. The molecule has 0 saturated carbocycles. The van der Waals surface area contributed by atoms with E-state index in [4.69, 9.17) is 14.7 Å². The summed E-state index contributed by atoms with van der Waals surface area (Å²) in [5.74, 6) is 1.32. The number of ether oxygens (including phenoxy) is 1. The lowest BCUT2D eigenvalue weighted by Gasteiger charge is -2.32. The largest absolute Gasteiger partial charge is 0.494 e. The number of likely N-dealkylation sites (tertiary alicyclic amines) is 2. The zero-order valence-electron chi connectivity index (χ0n) is 31.6. The van der Waals surface area contributed by atoms with Crippen molar-refractivity contribution in [2.75, 3.05) is 39.3 Å². The Morgan fingerprint density at radius 1 is 0.727 bits per heavy atom. The molecule has 6 aromatic rings. The molecule has 2 aliphatic heterocycles. The Balaban J connectivity index is 0.000000172. The predicted molar refractivity (Wildman–Crippen MR) is 222 cm³/mol. The number of benzene rings is 4. The van der Waals surface area contributed by atoms with Gasteiger partial charge in [-0.05, 0) is 107 Å². The SMILES string of the molecule is CCOc1ccc(C(=O)NCC(=O)N2CCC(c3nc4ccccc4s3)CC2)cc1.Cc1cc(C)cc(C(=O)N2CCCC(c3nc4ccccc4s3)C2)c1. The molecule has 2 aliphatic rings. The van der Waals surface area contributed by atoms with Gasteiger partial charge >= 0.3 is 0 Å². The van der Waals surface area contributed by atoms with Crippen molar-refractivity contribution in [2.24, 2.45) is 0 Å². The zero-order valence-corrected chi connectivity index (χ0v) is 33.3. The van der Waals surface area contributed by atoms with Crippen LogP contribution in [0.4, 0.5) is 0 Å². The van der Waals surface area contributed by atoms with E-state index < -0.39 is 0 Å². The summed E-state index contributed by atoms with van der Waals surface area (Å²) in [6.07, 6.45) is 3.95. The van der Waals surface area contributed by atoms with Crippen LogP contribution in [0, 0.1) is 13.8 Å². The summed E-state index contributed by atoms with van der Waals surface area (Å²) in [6, 6.07) is 29.5. The molecule has 4 heterocycles. The first-order valence-corrected chi connectivity index (χ1v) is 20.7. The number of carbonyl (C=O) groups excluding carboxylic acids is 3. The van der Waals surface area contributed by atoms with Crippen LogP contribution in [0.1, 0.15) is 86.3 Å². The highest BCUT2D eigenvalue weighted by Crippen LogP contribution is 2.35. The molecule has 2 fully saturated rings. The van der Waals surface area contributed by atoms with Gasteiger partial charge in [-0.1, -0.05) is 41.5 Å². The van der Waals surface area contributed by atoms with Gasteiger partial charge in [0.2, 0.25) is 5.91 Å². The molecule has 0 radical (unpaired) electrons. The van der Waals surface area contributed by atoms with Crippen LogP contribution >= 0.6 is 22.7 Å². The summed E-state index contributed by atoms with van der Waals surface area (Å²) in [5.41, 5.74) is 5.72. The van der Waals surface area contributed by atoms with E-state index in [0.29, 0.717) is 37.1 Å². The Morgan fingerprint density at radius 2 is 1.33 bits per heavy atom. The van der Waals surface area contributed by atoms with E-state index in [1.807, 2.05) is 67.0 Å². The number of rotatable bonds is 8. The number of carbonyl (C=O) groups is 3. The van der Waals surface area contributed by atoms with E-state index in [-0.39, 0.29) is 24.3 Å². The van der Waals surface area contributed by atoms with E-state index in [0.717, 1.165) is 77.3 Å². The number of para-hydroxylation sites is 2. The van der Waals surface area contributed by atoms with Crippen molar-refractivity contribution in [3.63, 3.8) is 0 Å². The molecule has 8 rings (SSSR count). The lowest BCUT2D eigenvalue weighted by Crippen LogP contribution is -2.43. The molecule has 3 amide bonds. The van der Waals surface area contributed by atoms with Crippen molar-refractivity contribution < 1.29 is 19.1 Å². The molecule has 4 aromatic carbocycles. The highest BCUT2D eigenvalue weighted by molar-refractivity contribution is 7.19. The molecule has 0 spiro atoms. The molecule has 284 valence electrons. The van der Waals surface area contributed by atoms with E-state index in [2.05, 4.69) is 35.6 Å². The summed E-state index contributed by atoms with van der Waals surface area (Å²) in [6.45, 7) is 9.59. The second-order valence-corrected chi connectivity index (χ2v) is 16.4. The van der Waals surface area contributed by atoms with Gasteiger partial charge < -0.3 is 19.9 Å². The number of aryl methyl sites for hydroxylation is 2. The molecule has 1 N–H and O–H groups in total. The first-order chi connectivity index (χ1) is 26.7. The van der Waals surface area contributed by atoms with Gasteiger partial charge in [0.25, 0.3) is 11.8 Å². The van der Waals surface area contributed by atoms with E-state index in [1.165, 1.54) is 14.4 Å². The zero-order chi connectivity index (χ0) is 38.3. The summed E-state index contributed by atoms with van der Waals surface area (Å²) >= 11 is 3.52. The lowest BCUT2D eigenvalue weighted by atomic mass is 9.97.